The molecular formula is C11H11N3O2. The van der Waals surface area contributed by atoms with Crippen molar-refractivity contribution in [2.75, 3.05) is 0 Å². The molecule has 82 valence electrons. The number of carbonyl (C=O) groups excluding carboxylic acids is 1. The van der Waals surface area contributed by atoms with E-state index in [0.717, 1.165) is 0 Å². The summed E-state index contributed by atoms with van der Waals surface area (Å²) in [7, 11) is 0. The topological polar surface area (TPSA) is 75.7 Å². The van der Waals surface area contributed by atoms with Gasteiger partial charge in [-0.2, -0.15) is 0 Å². The molecule has 5 heteroatoms. The number of aromatic amines is 1. The second-order valence-corrected chi connectivity index (χ2v) is 3.69. The molecule has 2 aromatic rings. The van der Waals surface area contributed by atoms with E-state index >= 15 is 0 Å². The average Bonchev–Trinajstić information content (AvgIpc) is 2.15. The molecule has 5 nitrogen and oxygen atoms in total. The van der Waals surface area contributed by atoms with Crippen molar-refractivity contribution in [3.05, 3.63) is 33.5 Å². The summed E-state index contributed by atoms with van der Waals surface area (Å²) in [5.41, 5.74) is 0.891. The van der Waals surface area contributed by atoms with Crippen LogP contribution in [0.3, 0.4) is 0 Å². The van der Waals surface area contributed by atoms with Gasteiger partial charge in [0.15, 0.2) is 5.78 Å². The first-order valence-corrected chi connectivity index (χ1v) is 4.88. The number of ketones is 1. The zero-order valence-corrected chi connectivity index (χ0v) is 9.29. The number of Topliss-reactive ketones (excluding diaryl/α,β-unsaturated/α-hetero) is 1. The first-order chi connectivity index (χ1) is 7.50. The van der Waals surface area contributed by atoms with Gasteiger partial charge in [0.2, 0.25) is 0 Å². The number of hydrogen-bond donors (Lipinski definition) is 1. The van der Waals surface area contributed by atoms with Crippen molar-refractivity contribution >= 4 is 16.8 Å². The van der Waals surface area contributed by atoms with Gasteiger partial charge in [-0.3, -0.25) is 9.59 Å². The fraction of sp³-hybridized carbons (Fsp3) is 0.273. The highest BCUT2D eigenvalue weighted by atomic mass is 16.1. The summed E-state index contributed by atoms with van der Waals surface area (Å²) >= 11 is 0. The number of fused-ring (bicyclic) bond motifs is 1. The van der Waals surface area contributed by atoms with Gasteiger partial charge in [-0.15, -0.1) is 0 Å². The lowest BCUT2D eigenvalue weighted by molar-refractivity contribution is 0.101. The first kappa shape index (κ1) is 10.5. The highest BCUT2D eigenvalue weighted by Gasteiger charge is 2.13. The molecule has 0 amide bonds. The van der Waals surface area contributed by atoms with E-state index in [4.69, 9.17) is 0 Å². The van der Waals surface area contributed by atoms with Crippen molar-refractivity contribution in [2.24, 2.45) is 0 Å². The maximum Gasteiger partial charge on any atom is 0.260 e. The summed E-state index contributed by atoms with van der Waals surface area (Å²) in [4.78, 5) is 33.8. The van der Waals surface area contributed by atoms with Crippen LogP contribution in [0.1, 0.15) is 28.7 Å². The molecule has 0 saturated heterocycles. The van der Waals surface area contributed by atoms with Gasteiger partial charge in [0.25, 0.3) is 5.56 Å². The van der Waals surface area contributed by atoms with Gasteiger partial charge in [0.05, 0.1) is 5.56 Å². The van der Waals surface area contributed by atoms with Crippen LogP contribution in [0.4, 0.5) is 0 Å². The Hall–Kier alpha value is -2.04. The van der Waals surface area contributed by atoms with Crippen LogP contribution in [0, 0.1) is 13.8 Å². The predicted molar refractivity (Wildman–Crippen MR) is 59.6 cm³/mol. The summed E-state index contributed by atoms with van der Waals surface area (Å²) in [6.45, 7) is 4.84. The van der Waals surface area contributed by atoms with Gasteiger partial charge in [-0.25, -0.2) is 9.97 Å². The third-order valence-corrected chi connectivity index (χ3v) is 2.50. The average molecular weight is 217 g/mol. The van der Waals surface area contributed by atoms with E-state index in [1.807, 2.05) is 0 Å². The van der Waals surface area contributed by atoms with Crippen molar-refractivity contribution in [2.45, 2.75) is 20.8 Å². The van der Waals surface area contributed by atoms with E-state index in [0.29, 0.717) is 22.4 Å². The number of H-pyrrole nitrogens is 1. The van der Waals surface area contributed by atoms with Gasteiger partial charge in [0, 0.05) is 11.6 Å². The fourth-order valence-corrected chi connectivity index (χ4v) is 1.74. The number of rotatable bonds is 1. The quantitative estimate of drug-likeness (QED) is 0.727. The first-order valence-electron chi connectivity index (χ1n) is 4.88. The lowest BCUT2D eigenvalue weighted by Crippen LogP contribution is -2.19. The highest BCUT2D eigenvalue weighted by Crippen LogP contribution is 2.14. The third-order valence-electron chi connectivity index (χ3n) is 2.50. The second kappa shape index (κ2) is 3.52. The summed E-state index contributed by atoms with van der Waals surface area (Å²) in [6.07, 6.45) is 1.62. The molecule has 2 heterocycles. The molecule has 2 rings (SSSR count). The molecule has 0 aliphatic heterocycles. The Labute approximate surface area is 91.6 Å². The monoisotopic (exact) mass is 217 g/mol. The normalized spacial score (nSPS) is 10.7. The molecule has 0 radical (unpaired) electrons. The fourth-order valence-electron chi connectivity index (χ4n) is 1.74. The van der Waals surface area contributed by atoms with Crippen LogP contribution >= 0.6 is 0 Å². The maximum atomic E-state index is 11.7. The van der Waals surface area contributed by atoms with Crippen LogP contribution in [-0.2, 0) is 0 Å². The molecule has 0 aliphatic carbocycles. The summed E-state index contributed by atoms with van der Waals surface area (Å²) < 4.78 is 0. The van der Waals surface area contributed by atoms with Crippen molar-refractivity contribution in [3.8, 4) is 0 Å². The predicted octanol–water partition coefficient (Wildman–Crippen LogP) is 1.14. The SMILES string of the molecule is CC(=O)c1c(C)c2cnc(C)nc2[nH]c1=O. The number of aryl methyl sites for hydroxylation is 2. The number of aromatic nitrogens is 3. The zero-order valence-electron chi connectivity index (χ0n) is 9.29. The lowest BCUT2D eigenvalue weighted by atomic mass is 10.1. The number of pyridine rings is 1. The van der Waals surface area contributed by atoms with E-state index in [-0.39, 0.29) is 11.3 Å². The molecule has 1 N–H and O–H groups in total. The molecule has 0 aliphatic rings. The van der Waals surface area contributed by atoms with Gasteiger partial charge in [-0.1, -0.05) is 0 Å². The summed E-state index contributed by atoms with van der Waals surface area (Å²) in [6, 6.07) is 0. The van der Waals surface area contributed by atoms with E-state index in [9.17, 15) is 9.59 Å². The molecule has 0 aromatic carbocycles. The van der Waals surface area contributed by atoms with Gasteiger partial charge >= 0.3 is 0 Å². The molecule has 0 spiro atoms. The maximum absolute atomic E-state index is 11.7. The molecule has 2 aromatic heterocycles. The Kier molecular flexibility index (Phi) is 2.30. The van der Waals surface area contributed by atoms with Crippen LogP contribution < -0.4 is 5.56 Å². The largest absolute Gasteiger partial charge is 0.306 e. The van der Waals surface area contributed by atoms with Crippen LogP contribution in [0.5, 0.6) is 0 Å². The van der Waals surface area contributed by atoms with Crippen LogP contribution in [0.2, 0.25) is 0 Å². The Bertz CT molecular complexity index is 643. The number of nitrogens with one attached hydrogen (secondary N) is 1. The molecule has 0 unspecified atom stereocenters. The minimum atomic E-state index is -0.393. The molecular weight excluding hydrogens is 206 g/mol. The van der Waals surface area contributed by atoms with E-state index in [1.165, 1.54) is 6.92 Å². The molecule has 0 saturated carbocycles. The Balaban J connectivity index is 2.94. The lowest BCUT2D eigenvalue weighted by Gasteiger charge is -2.05. The Morgan fingerprint density at radius 2 is 2.06 bits per heavy atom. The zero-order chi connectivity index (χ0) is 11.9. The van der Waals surface area contributed by atoms with Crippen LogP contribution in [0.15, 0.2) is 11.0 Å². The molecule has 0 bridgehead atoms. The van der Waals surface area contributed by atoms with Gasteiger partial charge in [-0.05, 0) is 26.3 Å². The van der Waals surface area contributed by atoms with Crippen LogP contribution in [0.25, 0.3) is 11.0 Å². The number of carbonyl (C=O) groups is 1. The minimum Gasteiger partial charge on any atom is -0.306 e. The molecule has 0 atom stereocenters. The van der Waals surface area contributed by atoms with Crippen molar-refractivity contribution in [3.63, 3.8) is 0 Å². The van der Waals surface area contributed by atoms with E-state index in [1.54, 1.807) is 20.0 Å². The van der Waals surface area contributed by atoms with Gasteiger partial charge in [0.1, 0.15) is 11.5 Å². The van der Waals surface area contributed by atoms with Gasteiger partial charge < -0.3 is 4.98 Å². The Morgan fingerprint density at radius 3 is 2.69 bits per heavy atom. The number of hydrogen-bond acceptors (Lipinski definition) is 4. The van der Waals surface area contributed by atoms with Crippen molar-refractivity contribution in [1.82, 2.24) is 15.0 Å². The van der Waals surface area contributed by atoms with Crippen molar-refractivity contribution in [1.29, 1.82) is 0 Å². The molecule has 16 heavy (non-hydrogen) atoms. The smallest absolute Gasteiger partial charge is 0.260 e. The minimum absolute atomic E-state index is 0.181. The standard InChI is InChI=1S/C11H11N3O2/c1-5-8-4-12-7(3)13-10(8)14-11(16)9(5)6(2)15/h4H,1-3H3,(H,12,13,14,16). The summed E-state index contributed by atoms with van der Waals surface area (Å²) in [5, 5.41) is 0.704. The van der Waals surface area contributed by atoms with Crippen molar-refractivity contribution < 1.29 is 4.79 Å². The van der Waals surface area contributed by atoms with Crippen LogP contribution in [-0.4, -0.2) is 20.7 Å². The van der Waals surface area contributed by atoms with E-state index < -0.39 is 5.56 Å². The second-order valence-electron chi connectivity index (χ2n) is 3.69. The number of nitrogens with zero attached hydrogens (tertiary/aromatic N) is 2. The molecule has 0 fully saturated rings. The van der Waals surface area contributed by atoms with E-state index in [2.05, 4.69) is 15.0 Å². The highest BCUT2D eigenvalue weighted by molar-refractivity contribution is 5.99. The third kappa shape index (κ3) is 1.50. The summed E-state index contributed by atoms with van der Waals surface area (Å²) in [5.74, 6) is 0.333. The Morgan fingerprint density at radius 1 is 1.38 bits per heavy atom.